The quantitative estimate of drug-likeness (QED) is 0.0203. The SMILES string of the molecule is CC(C)Cc1cc(COC(C)C)ccc1OC1OC(CO)C(O)C(O)C1O.CC(C)Cc1ccc(NC(C)C)cc1.CC(C)Nc1cc(COC(C)C)ccc1OC1OC(C(=O)O)C(O)C(O)C1O.CC(C)Nc1ccc(COC(C)C)cc1.CC(C)Nc1ccc(COC(C)C)cc1. The van der Waals surface area contributed by atoms with Crippen LogP contribution in [0.4, 0.5) is 22.7 Å². The number of hydrogen-bond donors (Lipinski definition) is 12. The highest BCUT2D eigenvalue weighted by molar-refractivity contribution is 5.73. The Labute approximate surface area is 591 Å². The van der Waals surface area contributed by atoms with Gasteiger partial charge in [0.2, 0.25) is 12.6 Å². The molecule has 2 aliphatic rings. The number of benzene rings is 5. The molecule has 0 aliphatic carbocycles. The van der Waals surface area contributed by atoms with Gasteiger partial charge >= 0.3 is 5.97 Å². The lowest BCUT2D eigenvalue weighted by atomic mass is 9.98. The lowest BCUT2D eigenvalue weighted by Gasteiger charge is -2.39. The van der Waals surface area contributed by atoms with Crippen LogP contribution in [-0.4, -0.2) is 163 Å². The molecule has 0 spiro atoms. The minimum absolute atomic E-state index is 0.0694. The maximum atomic E-state index is 11.2. The van der Waals surface area contributed by atoms with Crippen molar-refractivity contribution in [3.63, 3.8) is 0 Å². The average molecular weight is 1390 g/mol. The van der Waals surface area contributed by atoms with Crippen LogP contribution in [0.3, 0.4) is 0 Å². The molecule has 2 heterocycles. The summed E-state index contributed by atoms with van der Waals surface area (Å²) in [6.07, 6.45) is -12.1. The van der Waals surface area contributed by atoms with Gasteiger partial charge in [0.25, 0.3) is 0 Å². The molecule has 5 aromatic carbocycles. The lowest BCUT2D eigenvalue weighted by Crippen LogP contribution is -2.61. The van der Waals surface area contributed by atoms with E-state index in [1.54, 1.807) is 18.2 Å². The first-order chi connectivity index (χ1) is 46.5. The zero-order valence-corrected chi connectivity index (χ0v) is 62.6. The summed E-state index contributed by atoms with van der Waals surface area (Å²) in [7, 11) is 0. The number of ether oxygens (including phenoxy) is 8. The van der Waals surface area contributed by atoms with Crippen molar-refractivity contribution in [3.05, 3.63) is 143 Å². The highest BCUT2D eigenvalue weighted by Gasteiger charge is 2.48. The third-order valence-corrected chi connectivity index (χ3v) is 14.6. The summed E-state index contributed by atoms with van der Waals surface area (Å²) in [5.41, 5.74) is 10.9. The van der Waals surface area contributed by atoms with Crippen LogP contribution >= 0.6 is 0 Å². The van der Waals surface area contributed by atoms with Crippen molar-refractivity contribution < 1.29 is 83.5 Å². The Kier molecular flexibility index (Phi) is 39.5. The predicted octanol–water partition coefficient (Wildman–Crippen LogP) is 12.3. The number of carbonyl (C=O) groups is 1. The fourth-order valence-corrected chi connectivity index (χ4v) is 9.85. The van der Waals surface area contributed by atoms with Gasteiger partial charge in [0.15, 0.2) is 6.10 Å². The Morgan fingerprint density at radius 2 is 0.737 bits per heavy atom. The number of nitrogens with one attached hydrogen (secondary N) is 4. The summed E-state index contributed by atoms with van der Waals surface area (Å²) >= 11 is 0. The van der Waals surface area contributed by atoms with Gasteiger partial charge in [-0.1, -0.05) is 76.2 Å². The second-order valence-corrected chi connectivity index (χ2v) is 28.4. The van der Waals surface area contributed by atoms with E-state index in [2.05, 4.69) is 191 Å². The average Bonchev–Trinajstić information content (AvgIpc) is 0.807. The molecule has 0 aromatic heterocycles. The van der Waals surface area contributed by atoms with Crippen molar-refractivity contribution in [2.45, 2.75) is 288 Å². The summed E-state index contributed by atoms with van der Waals surface area (Å²) in [5.74, 6) is 0.483. The van der Waals surface area contributed by atoms with Crippen molar-refractivity contribution in [2.24, 2.45) is 11.8 Å². The van der Waals surface area contributed by atoms with E-state index in [4.69, 9.17) is 43.0 Å². The fourth-order valence-electron chi connectivity index (χ4n) is 9.85. The number of carboxylic acid groups (broad SMARTS) is 1. The van der Waals surface area contributed by atoms with E-state index in [0.717, 1.165) is 29.0 Å². The lowest BCUT2D eigenvalue weighted by molar-refractivity contribution is -0.277. The standard InChI is InChI=1S/C20H32O7.C19H29NO8.2C13H21NO.C13H21N/c1-11(2)7-14-8-13(10-25-12(3)4)5-6-15(14)26-20-19(24)18(23)17(22)16(9-21)27-20;1-9(2)20-12-7-11(8-26-10(3)4)5-6-13(12)27-19-16(23)14(21)15(22)17(28-19)18(24)25;2*1-10(2)14-13-7-5-12(6-8-13)9-15-11(3)4;1-10(2)9-12-5-7-13(8-6-12)14-11(3)4/h5-6,8,11-12,16-24H,7,9-10H2,1-4H3;5-7,9-10,14-17,19-23H,8H2,1-4H3,(H,24,25);2*5-8,10-11,14H,9H2,1-4H3;5-8,10-11,14H,9H2,1-4H3. The zero-order valence-electron chi connectivity index (χ0n) is 62.6. The maximum absolute atomic E-state index is 11.2. The topological polar surface area (TPSA) is 301 Å². The van der Waals surface area contributed by atoms with Crippen LogP contribution in [0.2, 0.25) is 0 Å². The number of aliphatic hydroxyl groups is 7. The Bertz CT molecular complexity index is 2890. The molecule has 99 heavy (non-hydrogen) atoms. The van der Waals surface area contributed by atoms with Gasteiger partial charge in [-0.15, -0.1) is 0 Å². The predicted molar refractivity (Wildman–Crippen MR) is 393 cm³/mol. The van der Waals surface area contributed by atoms with Gasteiger partial charge in [0, 0.05) is 41.2 Å². The van der Waals surface area contributed by atoms with Gasteiger partial charge in [-0.2, -0.15) is 0 Å². The molecule has 2 aliphatic heterocycles. The van der Waals surface area contributed by atoms with E-state index in [1.165, 1.54) is 40.2 Å². The van der Waals surface area contributed by atoms with Crippen LogP contribution in [0.15, 0.2) is 109 Å². The fraction of sp³-hybridized carbons (Fsp3) is 0.603. The molecule has 0 saturated carbocycles. The largest absolute Gasteiger partial charge is 0.479 e. The van der Waals surface area contributed by atoms with E-state index >= 15 is 0 Å². The number of aliphatic carboxylic acids is 1. The van der Waals surface area contributed by atoms with Crippen molar-refractivity contribution in [2.75, 3.05) is 27.9 Å². The van der Waals surface area contributed by atoms with Crippen LogP contribution in [0, 0.1) is 11.8 Å². The highest BCUT2D eigenvalue weighted by atomic mass is 16.7. The van der Waals surface area contributed by atoms with Crippen LogP contribution in [0.5, 0.6) is 11.5 Å². The molecule has 0 bridgehead atoms. The molecule has 558 valence electrons. The molecule has 21 nitrogen and oxygen atoms in total. The van der Waals surface area contributed by atoms with Crippen LogP contribution < -0.4 is 30.7 Å². The first-order valence-corrected chi connectivity index (χ1v) is 35.2. The van der Waals surface area contributed by atoms with Crippen molar-refractivity contribution in [1.29, 1.82) is 0 Å². The molecule has 10 atom stereocenters. The van der Waals surface area contributed by atoms with Gasteiger partial charge in [-0.3, -0.25) is 0 Å². The molecule has 5 aromatic rings. The number of rotatable bonds is 30. The molecular formula is C78H124N4O17. The highest BCUT2D eigenvalue weighted by Crippen LogP contribution is 2.33. The third-order valence-electron chi connectivity index (χ3n) is 14.6. The third kappa shape index (κ3) is 33.9. The maximum Gasteiger partial charge on any atom is 0.335 e. The minimum Gasteiger partial charge on any atom is -0.479 e. The van der Waals surface area contributed by atoms with Crippen LogP contribution in [0.25, 0.3) is 0 Å². The summed E-state index contributed by atoms with van der Waals surface area (Å²) < 4.78 is 44.4. The van der Waals surface area contributed by atoms with E-state index in [-0.39, 0.29) is 18.2 Å². The van der Waals surface area contributed by atoms with E-state index in [9.17, 15) is 40.5 Å². The Balaban J connectivity index is 0.000000333. The Morgan fingerprint density at radius 1 is 0.394 bits per heavy atom. The van der Waals surface area contributed by atoms with E-state index in [1.807, 2.05) is 59.7 Å². The second-order valence-electron chi connectivity index (χ2n) is 28.4. The zero-order chi connectivity index (χ0) is 74.2. The van der Waals surface area contributed by atoms with Crippen LogP contribution in [0.1, 0.15) is 172 Å². The monoisotopic (exact) mass is 1390 g/mol. The van der Waals surface area contributed by atoms with Gasteiger partial charge in [0.1, 0.15) is 54.2 Å². The number of carboxylic acids is 1. The van der Waals surface area contributed by atoms with Gasteiger partial charge < -0.3 is 100 Å². The van der Waals surface area contributed by atoms with Crippen molar-refractivity contribution >= 4 is 28.7 Å². The molecule has 12 N–H and O–H groups in total. The summed E-state index contributed by atoms with van der Waals surface area (Å²) in [5, 5.41) is 91.7. The molecule has 7 rings (SSSR count). The number of anilines is 4. The van der Waals surface area contributed by atoms with Crippen molar-refractivity contribution in [1.82, 2.24) is 0 Å². The first kappa shape index (κ1) is 87.1. The van der Waals surface area contributed by atoms with E-state index < -0.39 is 74.0 Å². The van der Waals surface area contributed by atoms with Gasteiger partial charge in [-0.25, -0.2) is 4.79 Å². The first-order valence-electron chi connectivity index (χ1n) is 35.2. The molecule has 10 unspecified atom stereocenters. The van der Waals surface area contributed by atoms with Gasteiger partial charge in [0.05, 0.1) is 63.1 Å². The summed E-state index contributed by atoms with van der Waals surface area (Å²) in [6.45, 7) is 43.2. The number of hydrogen-bond acceptors (Lipinski definition) is 20. The van der Waals surface area contributed by atoms with Crippen LogP contribution in [-0.2, 0) is 72.5 Å². The molecule has 2 saturated heterocycles. The molecule has 0 radical (unpaired) electrons. The summed E-state index contributed by atoms with van der Waals surface area (Å²) in [6, 6.07) is 38.0. The minimum atomic E-state index is -1.77. The number of aliphatic hydroxyl groups excluding tert-OH is 7. The molecule has 0 amide bonds. The van der Waals surface area contributed by atoms with E-state index in [0.29, 0.717) is 79.9 Å². The molecule has 2 fully saturated rings. The smallest absolute Gasteiger partial charge is 0.335 e. The summed E-state index contributed by atoms with van der Waals surface area (Å²) in [4.78, 5) is 11.2. The molecule has 21 heteroatoms. The van der Waals surface area contributed by atoms with Gasteiger partial charge in [-0.05, 0) is 230 Å². The Morgan fingerprint density at radius 3 is 1.11 bits per heavy atom. The normalized spacial score (nSPS) is 20.6. The van der Waals surface area contributed by atoms with Crippen molar-refractivity contribution in [3.8, 4) is 11.5 Å². The second kappa shape index (κ2) is 45.0. The Hall–Kier alpha value is -6.15. The molecular weight excluding hydrogens is 1260 g/mol.